The molecule has 0 radical (unpaired) electrons. The second kappa shape index (κ2) is 16.5. The van der Waals surface area contributed by atoms with Crippen LogP contribution in [0.4, 0.5) is 0 Å². The molecule has 79 heavy (non-hydrogen) atoms. The fourth-order valence-corrected chi connectivity index (χ4v) is 14.4. The first kappa shape index (κ1) is 51.4. The quantitative estimate of drug-likeness (QED) is 0.155. The summed E-state index contributed by atoms with van der Waals surface area (Å²) in [6.45, 7) is 43.0. The summed E-state index contributed by atoms with van der Waals surface area (Å²) < 4.78 is 0. The van der Waals surface area contributed by atoms with Gasteiger partial charge in [0.1, 0.15) is 0 Å². The van der Waals surface area contributed by atoms with Gasteiger partial charge in [0.2, 0.25) is 0 Å². The van der Waals surface area contributed by atoms with Crippen LogP contribution < -0.4 is 0 Å². The molecular formula is C79H80. The Labute approximate surface area is 472 Å². The molecule has 3 aliphatic carbocycles. The van der Waals surface area contributed by atoms with Gasteiger partial charge in [0.15, 0.2) is 0 Å². The van der Waals surface area contributed by atoms with Gasteiger partial charge in [-0.25, -0.2) is 0 Å². The van der Waals surface area contributed by atoms with Crippen molar-refractivity contribution >= 4 is 32.3 Å². The number of rotatable bonds is 3. The lowest BCUT2D eigenvalue weighted by molar-refractivity contribution is 0.579. The molecule has 0 nitrogen and oxygen atoms in total. The zero-order chi connectivity index (χ0) is 56.1. The molecule has 0 saturated heterocycles. The summed E-state index contributed by atoms with van der Waals surface area (Å²) in [7, 11) is 0. The molecule has 0 heteroatoms. The lowest BCUT2D eigenvalue weighted by Crippen LogP contribution is -2.19. The van der Waals surface area contributed by atoms with E-state index in [1.807, 2.05) is 0 Å². The van der Waals surface area contributed by atoms with Crippen molar-refractivity contribution < 1.29 is 0 Å². The van der Waals surface area contributed by atoms with Gasteiger partial charge in [0, 0.05) is 16.2 Å². The first-order valence-electron chi connectivity index (χ1n) is 29.3. The molecule has 0 unspecified atom stereocenters. The largest absolute Gasteiger partial charge is 0.0619 e. The molecule has 0 aromatic heterocycles. The third kappa shape index (κ3) is 7.59. The van der Waals surface area contributed by atoms with Crippen molar-refractivity contribution in [1.82, 2.24) is 0 Å². The number of fused-ring (bicyclic) bond motifs is 14. The van der Waals surface area contributed by atoms with Gasteiger partial charge < -0.3 is 0 Å². The Morgan fingerprint density at radius 3 is 1.11 bits per heavy atom. The standard InChI is InChI=1S/C79H80/c1-73(2,3)47-29-33-56-67(39-47)78(15,16)69-41-49(75(7,8)9)37-63(71(56)69)60-44-62-58-35-45(46-28-32-55-54-25-21-22-26-65(54)77(13,14)66(55)36-46)27-31-53(58)61(43-59(62)51-23-19-20-24-52(51)60)64-38-50(76(10,11)12)42-70-72(64)57-34-30-48(74(4,5)6)40-68(57)79(70,17)18/h19-44H,1-18H3. The van der Waals surface area contributed by atoms with E-state index in [1.54, 1.807) is 0 Å². The lowest BCUT2D eigenvalue weighted by atomic mass is 9.76. The Morgan fingerprint density at radius 2 is 0.595 bits per heavy atom. The Morgan fingerprint density at radius 1 is 0.228 bits per heavy atom. The fraction of sp³-hybridized carbons (Fsp3) is 0.316. The van der Waals surface area contributed by atoms with E-state index >= 15 is 0 Å². The zero-order valence-electron chi connectivity index (χ0n) is 50.5. The SMILES string of the molecule is CC(C)(C)c1ccc2c(c1)C(C)(C)c1cc(C(C)(C)C)cc(-c3cc4c5cc(-c6ccc7c(c6)C(C)(C)c6ccccc6-7)ccc5c(-c5cc(C(C)(C)C)cc6c5-c5ccc(C(C)(C)C)cc5C6(C)C)cc4c4ccccc34)c1-2. The monoisotopic (exact) mass is 1030 g/mol. The summed E-state index contributed by atoms with van der Waals surface area (Å²) in [5.74, 6) is 0. The van der Waals surface area contributed by atoms with Gasteiger partial charge in [-0.15, -0.1) is 0 Å². The van der Waals surface area contributed by atoms with Crippen molar-refractivity contribution in [1.29, 1.82) is 0 Å². The van der Waals surface area contributed by atoms with E-state index in [2.05, 4.69) is 282 Å². The van der Waals surface area contributed by atoms with E-state index in [9.17, 15) is 0 Å². The summed E-state index contributed by atoms with van der Waals surface area (Å²) in [6, 6.07) is 63.3. The Balaban J connectivity index is 1.15. The predicted octanol–water partition coefficient (Wildman–Crippen LogP) is 22.3. The number of hydrogen-bond acceptors (Lipinski definition) is 0. The van der Waals surface area contributed by atoms with E-state index in [0.29, 0.717) is 0 Å². The first-order chi connectivity index (χ1) is 37.0. The van der Waals surface area contributed by atoms with Crippen molar-refractivity contribution in [2.45, 2.75) is 163 Å². The van der Waals surface area contributed by atoms with Gasteiger partial charge >= 0.3 is 0 Å². The highest BCUT2D eigenvalue weighted by Gasteiger charge is 2.42. The van der Waals surface area contributed by atoms with Gasteiger partial charge in [-0.2, -0.15) is 0 Å². The van der Waals surface area contributed by atoms with Crippen LogP contribution >= 0.6 is 0 Å². The highest BCUT2D eigenvalue weighted by Crippen LogP contribution is 2.59. The van der Waals surface area contributed by atoms with Crippen LogP contribution in [0, 0.1) is 0 Å². The van der Waals surface area contributed by atoms with E-state index in [-0.39, 0.29) is 37.9 Å². The summed E-state index contributed by atoms with van der Waals surface area (Å²) in [5, 5.41) is 7.73. The number of benzene rings is 10. The van der Waals surface area contributed by atoms with E-state index in [0.717, 1.165) is 0 Å². The number of hydrogen-bond donors (Lipinski definition) is 0. The summed E-state index contributed by atoms with van der Waals surface area (Å²) in [6.07, 6.45) is 0. The molecule has 0 amide bonds. The second-order valence-electron chi connectivity index (χ2n) is 29.8. The molecule has 0 saturated carbocycles. The molecule has 0 spiro atoms. The summed E-state index contributed by atoms with van der Waals surface area (Å²) >= 11 is 0. The van der Waals surface area contributed by atoms with E-state index in [1.165, 1.54) is 155 Å². The summed E-state index contributed by atoms with van der Waals surface area (Å²) in [4.78, 5) is 0. The highest BCUT2D eigenvalue weighted by molar-refractivity contribution is 6.25. The Hall–Kier alpha value is -7.02. The second-order valence-corrected chi connectivity index (χ2v) is 29.8. The molecule has 10 aromatic rings. The molecular weight excluding hydrogens is 949 g/mol. The van der Waals surface area contributed by atoms with Gasteiger partial charge in [0.05, 0.1) is 0 Å². The van der Waals surface area contributed by atoms with Crippen LogP contribution in [0.3, 0.4) is 0 Å². The minimum absolute atomic E-state index is 0.0353. The maximum absolute atomic E-state index is 2.61. The molecule has 3 aliphatic rings. The molecule has 396 valence electrons. The van der Waals surface area contributed by atoms with E-state index < -0.39 is 0 Å². The maximum Gasteiger partial charge on any atom is 0.0159 e. The van der Waals surface area contributed by atoms with Gasteiger partial charge in [-0.05, 0) is 213 Å². The average molecular weight is 1030 g/mol. The van der Waals surface area contributed by atoms with Crippen molar-refractivity contribution in [2.24, 2.45) is 0 Å². The molecule has 0 atom stereocenters. The maximum atomic E-state index is 2.61. The molecule has 0 fully saturated rings. The fourth-order valence-electron chi connectivity index (χ4n) is 14.4. The smallest absolute Gasteiger partial charge is 0.0159 e. The summed E-state index contributed by atoms with van der Waals surface area (Å²) in [5.41, 5.74) is 29.4. The minimum Gasteiger partial charge on any atom is -0.0619 e. The Bertz CT molecular complexity index is 4280. The molecule has 0 aliphatic heterocycles. The minimum atomic E-state index is -0.187. The van der Waals surface area contributed by atoms with Gasteiger partial charge in [-0.1, -0.05) is 246 Å². The van der Waals surface area contributed by atoms with E-state index in [4.69, 9.17) is 0 Å². The van der Waals surface area contributed by atoms with Crippen molar-refractivity contribution in [3.05, 3.63) is 213 Å². The van der Waals surface area contributed by atoms with Gasteiger partial charge in [0.25, 0.3) is 0 Å². The zero-order valence-corrected chi connectivity index (χ0v) is 50.5. The lowest BCUT2D eigenvalue weighted by Gasteiger charge is -2.28. The van der Waals surface area contributed by atoms with Crippen LogP contribution in [0.5, 0.6) is 0 Å². The third-order valence-corrected chi connectivity index (χ3v) is 19.5. The molecule has 0 heterocycles. The van der Waals surface area contributed by atoms with Crippen LogP contribution in [0.1, 0.15) is 180 Å². The molecule has 0 N–H and O–H groups in total. The van der Waals surface area contributed by atoms with Gasteiger partial charge in [-0.3, -0.25) is 0 Å². The van der Waals surface area contributed by atoms with Crippen molar-refractivity contribution in [2.75, 3.05) is 0 Å². The van der Waals surface area contributed by atoms with Crippen molar-refractivity contribution in [3.8, 4) is 66.8 Å². The van der Waals surface area contributed by atoms with Crippen LogP contribution in [0.2, 0.25) is 0 Å². The predicted molar refractivity (Wildman–Crippen MR) is 343 cm³/mol. The van der Waals surface area contributed by atoms with Crippen LogP contribution in [0.15, 0.2) is 158 Å². The normalized spacial score (nSPS) is 15.8. The molecule has 10 aromatic carbocycles. The molecule has 0 bridgehead atoms. The third-order valence-electron chi connectivity index (χ3n) is 19.5. The first-order valence-corrected chi connectivity index (χ1v) is 29.3. The van der Waals surface area contributed by atoms with Crippen LogP contribution in [0.25, 0.3) is 99.1 Å². The van der Waals surface area contributed by atoms with Crippen LogP contribution in [-0.2, 0) is 37.9 Å². The molecule has 13 rings (SSSR count). The highest BCUT2D eigenvalue weighted by atomic mass is 14.5. The van der Waals surface area contributed by atoms with Crippen LogP contribution in [-0.4, -0.2) is 0 Å². The Kier molecular flexibility index (Phi) is 10.8. The topological polar surface area (TPSA) is 0 Å². The average Bonchev–Trinajstić information content (AvgIpc) is 3.63. The van der Waals surface area contributed by atoms with Crippen molar-refractivity contribution in [3.63, 3.8) is 0 Å².